The average molecular weight is 264 g/mol. The minimum atomic E-state index is -0.250. The summed E-state index contributed by atoms with van der Waals surface area (Å²) >= 11 is 6.08. The standard InChI is InChI=1S/C15H15ClFN/c1-10-6-7-12(8-14(10)17)15(18)9-11-4-2-3-5-13(11)16/h2-8,15H,9,18H2,1H3. The summed E-state index contributed by atoms with van der Waals surface area (Å²) in [7, 11) is 0. The van der Waals surface area contributed by atoms with Crippen LogP contribution in [0.3, 0.4) is 0 Å². The lowest BCUT2D eigenvalue weighted by molar-refractivity contribution is 0.610. The first-order valence-corrected chi connectivity index (χ1v) is 6.21. The van der Waals surface area contributed by atoms with Gasteiger partial charge in [0.25, 0.3) is 0 Å². The Balaban J connectivity index is 2.19. The molecule has 1 atom stereocenters. The minimum absolute atomic E-state index is 0.220. The van der Waals surface area contributed by atoms with Gasteiger partial charge in [0.2, 0.25) is 0 Å². The topological polar surface area (TPSA) is 26.0 Å². The summed E-state index contributed by atoms with van der Waals surface area (Å²) in [6, 6.07) is 12.4. The van der Waals surface area contributed by atoms with Crippen LogP contribution < -0.4 is 5.73 Å². The molecule has 0 bridgehead atoms. The summed E-state index contributed by atoms with van der Waals surface area (Å²) in [6.45, 7) is 1.73. The van der Waals surface area contributed by atoms with Gasteiger partial charge < -0.3 is 5.73 Å². The van der Waals surface area contributed by atoms with Gasteiger partial charge in [0.05, 0.1) is 0 Å². The first kappa shape index (κ1) is 13.1. The van der Waals surface area contributed by atoms with Gasteiger partial charge in [0.15, 0.2) is 0 Å². The molecule has 0 saturated heterocycles. The third kappa shape index (κ3) is 2.89. The van der Waals surface area contributed by atoms with E-state index in [1.165, 1.54) is 6.07 Å². The highest BCUT2D eigenvalue weighted by atomic mass is 35.5. The quantitative estimate of drug-likeness (QED) is 0.889. The molecule has 2 N–H and O–H groups in total. The molecule has 0 aliphatic carbocycles. The van der Waals surface area contributed by atoms with E-state index >= 15 is 0 Å². The molecule has 2 aromatic rings. The van der Waals surface area contributed by atoms with Gasteiger partial charge in [-0.05, 0) is 42.2 Å². The molecule has 1 nitrogen and oxygen atoms in total. The molecule has 0 aliphatic heterocycles. The largest absolute Gasteiger partial charge is 0.324 e. The van der Waals surface area contributed by atoms with E-state index in [2.05, 4.69) is 0 Å². The van der Waals surface area contributed by atoms with E-state index in [1.807, 2.05) is 30.3 Å². The molecule has 18 heavy (non-hydrogen) atoms. The molecule has 0 saturated carbocycles. The van der Waals surface area contributed by atoms with Crippen LogP contribution in [0.4, 0.5) is 4.39 Å². The maximum absolute atomic E-state index is 13.5. The monoisotopic (exact) mass is 263 g/mol. The zero-order valence-electron chi connectivity index (χ0n) is 10.2. The molecular formula is C15H15ClFN. The van der Waals surface area contributed by atoms with Crippen molar-refractivity contribution in [1.82, 2.24) is 0 Å². The van der Waals surface area contributed by atoms with Gasteiger partial charge >= 0.3 is 0 Å². The molecule has 94 valence electrons. The SMILES string of the molecule is Cc1ccc(C(N)Cc2ccccc2Cl)cc1F. The van der Waals surface area contributed by atoms with Crippen molar-refractivity contribution >= 4 is 11.6 Å². The van der Waals surface area contributed by atoms with Crippen LogP contribution in [-0.4, -0.2) is 0 Å². The summed E-state index contributed by atoms with van der Waals surface area (Å²) in [5.74, 6) is -0.220. The number of aryl methyl sites for hydroxylation is 1. The Hall–Kier alpha value is -1.38. The summed E-state index contributed by atoms with van der Waals surface area (Å²) in [5.41, 5.74) is 8.49. The van der Waals surface area contributed by atoms with Gasteiger partial charge in [0.1, 0.15) is 5.82 Å². The second kappa shape index (κ2) is 5.51. The van der Waals surface area contributed by atoms with Gasteiger partial charge in [-0.3, -0.25) is 0 Å². The molecular weight excluding hydrogens is 249 g/mol. The van der Waals surface area contributed by atoms with Crippen molar-refractivity contribution in [1.29, 1.82) is 0 Å². The summed E-state index contributed by atoms with van der Waals surface area (Å²) in [5, 5.41) is 0.695. The van der Waals surface area contributed by atoms with Crippen molar-refractivity contribution in [2.24, 2.45) is 5.73 Å². The smallest absolute Gasteiger partial charge is 0.126 e. The van der Waals surface area contributed by atoms with Crippen molar-refractivity contribution in [2.75, 3.05) is 0 Å². The molecule has 0 spiro atoms. The second-order valence-corrected chi connectivity index (χ2v) is 4.82. The van der Waals surface area contributed by atoms with Crippen LogP contribution in [0.2, 0.25) is 5.02 Å². The van der Waals surface area contributed by atoms with Gasteiger partial charge in [-0.15, -0.1) is 0 Å². The molecule has 0 amide bonds. The van der Waals surface area contributed by atoms with E-state index in [1.54, 1.807) is 13.0 Å². The van der Waals surface area contributed by atoms with E-state index in [0.29, 0.717) is 17.0 Å². The molecule has 0 aliphatic rings. The number of hydrogen-bond acceptors (Lipinski definition) is 1. The summed E-state index contributed by atoms with van der Waals surface area (Å²) < 4.78 is 13.5. The number of hydrogen-bond donors (Lipinski definition) is 1. The predicted octanol–water partition coefficient (Wildman–Crippen LogP) is 4.03. The minimum Gasteiger partial charge on any atom is -0.324 e. The fraction of sp³-hybridized carbons (Fsp3) is 0.200. The zero-order valence-corrected chi connectivity index (χ0v) is 10.9. The van der Waals surface area contributed by atoms with Gasteiger partial charge in [0, 0.05) is 11.1 Å². The molecule has 0 aromatic heterocycles. The van der Waals surface area contributed by atoms with Crippen molar-refractivity contribution in [3.63, 3.8) is 0 Å². The lowest BCUT2D eigenvalue weighted by Crippen LogP contribution is -2.14. The summed E-state index contributed by atoms with van der Waals surface area (Å²) in [6.07, 6.45) is 0.599. The van der Waals surface area contributed by atoms with Crippen LogP contribution in [0.15, 0.2) is 42.5 Å². The number of nitrogens with two attached hydrogens (primary N) is 1. The molecule has 2 rings (SSSR count). The number of benzene rings is 2. The first-order chi connectivity index (χ1) is 8.58. The van der Waals surface area contributed by atoms with Crippen molar-refractivity contribution in [3.8, 4) is 0 Å². The normalized spacial score (nSPS) is 12.4. The van der Waals surface area contributed by atoms with Crippen LogP contribution in [0, 0.1) is 12.7 Å². The van der Waals surface area contributed by atoms with Gasteiger partial charge in [-0.1, -0.05) is 41.9 Å². The third-order valence-electron chi connectivity index (χ3n) is 3.02. The Morgan fingerprint density at radius 2 is 1.94 bits per heavy atom. The van der Waals surface area contributed by atoms with Gasteiger partial charge in [-0.2, -0.15) is 0 Å². The average Bonchev–Trinajstić information content (AvgIpc) is 2.35. The van der Waals surface area contributed by atoms with Crippen molar-refractivity contribution < 1.29 is 4.39 Å². The van der Waals surface area contributed by atoms with E-state index in [4.69, 9.17) is 17.3 Å². The highest BCUT2D eigenvalue weighted by Crippen LogP contribution is 2.23. The summed E-state index contributed by atoms with van der Waals surface area (Å²) in [4.78, 5) is 0. The predicted molar refractivity (Wildman–Crippen MR) is 73.2 cm³/mol. The fourth-order valence-corrected chi connectivity index (χ4v) is 2.07. The Labute approximate surface area is 111 Å². The second-order valence-electron chi connectivity index (χ2n) is 4.41. The maximum Gasteiger partial charge on any atom is 0.126 e. The highest BCUT2D eigenvalue weighted by Gasteiger charge is 2.10. The molecule has 0 fully saturated rings. The number of rotatable bonds is 3. The maximum atomic E-state index is 13.5. The Bertz CT molecular complexity index is 554. The van der Waals surface area contributed by atoms with Crippen molar-refractivity contribution in [3.05, 3.63) is 70.0 Å². The van der Waals surface area contributed by atoms with Crippen LogP contribution in [0.5, 0.6) is 0 Å². The van der Waals surface area contributed by atoms with E-state index in [9.17, 15) is 4.39 Å². The van der Waals surface area contributed by atoms with Crippen LogP contribution in [-0.2, 0) is 6.42 Å². The number of halogens is 2. The van der Waals surface area contributed by atoms with E-state index in [-0.39, 0.29) is 11.9 Å². The lowest BCUT2D eigenvalue weighted by Gasteiger charge is -2.13. The highest BCUT2D eigenvalue weighted by molar-refractivity contribution is 6.31. The lowest BCUT2D eigenvalue weighted by atomic mass is 9.98. The van der Waals surface area contributed by atoms with Crippen LogP contribution >= 0.6 is 11.6 Å². The molecule has 0 heterocycles. The molecule has 1 unspecified atom stereocenters. The van der Waals surface area contributed by atoms with E-state index < -0.39 is 0 Å². The van der Waals surface area contributed by atoms with Gasteiger partial charge in [-0.25, -0.2) is 4.39 Å². The van der Waals surface area contributed by atoms with E-state index in [0.717, 1.165) is 11.1 Å². The van der Waals surface area contributed by atoms with Crippen LogP contribution in [0.1, 0.15) is 22.7 Å². The third-order valence-corrected chi connectivity index (χ3v) is 3.39. The Kier molecular flexibility index (Phi) is 4.00. The van der Waals surface area contributed by atoms with Crippen LogP contribution in [0.25, 0.3) is 0 Å². The Morgan fingerprint density at radius 1 is 1.22 bits per heavy atom. The zero-order chi connectivity index (χ0) is 13.1. The first-order valence-electron chi connectivity index (χ1n) is 5.83. The molecule has 0 radical (unpaired) electrons. The molecule has 3 heteroatoms. The molecule has 2 aromatic carbocycles. The van der Waals surface area contributed by atoms with Crippen molar-refractivity contribution in [2.45, 2.75) is 19.4 Å². The Morgan fingerprint density at radius 3 is 2.61 bits per heavy atom. The fourth-order valence-electron chi connectivity index (χ4n) is 1.86.